The predicted octanol–water partition coefficient (Wildman–Crippen LogP) is 4.43. The van der Waals surface area contributed by atoms with Crippen LogP contribution in [0.3, 0.4) is 0 Å². The maximum absolute atomic E-state index is 13.4. The maximum atomic E-state index is 13.4. The predicted molar refractivity (Wildman–Crippen MR) is 120 cm³/mol. The Morgan fingerprint density at radius 3 is 2.70 bits per heavy atom. The normalized spacial score (nSPS) is 14.0. The molecule has 0 atom stereocenters. The van der Waals surface area contributed by atoms with Crippen molar-refractivity contribution in [3.05, 3.63) is 89.8 Å². The Balaban J connectivity index is 1.34. The summed E-state index contributed by atoms with van der Waals surface area (Å²) in [6.07, 6.45) is 7.51. The minimum atomic E-state index is -0.270. The summed E-state index contributed by atoms with van der Waals surface area (Å²) < 4.78 is 20.5. The molecule has 1 fully saturated rings. The molecule has 2 aromatic heterocycles. The third-order valence-electron chi connectivity index (χ3n) is 5.90. The van der Waals surface area contributed by atoms with Gasteiger partial charge in [0.05, 0.1) is 0 Å². The molecule has 1 amide bonds. The smallest absolute Gasteiger partial charge is 0.294 e. The second-order valence-corrected chi connectivity index (χ2v) is 8.23. The second kappa shape index (κ2) is 9.36. The van der Waals surface area contributed by atoms with Crippen LogP contribution in [0.4, 0.5) is 4.39 Å². The van der Waals surface area contributed by atoms with Gasteiger partial charge in [-0.3, -0.25) is 4.79 Å². The summed E-state index contributed by atoms with van der Waals surface area (Å²) >= 11 is 0. The molecule has 2 heterocycles. The van der Waals surface area contributed by atoms with E-state index in [1.54, 1.807) is 30.6 Å². The summed E-state index contributed by atoms with van der Waals surface area (Å²) in [5, 5.41) is 4.33. The number of ether oxygens (including phenoxy) is 1. The first-order valence-corrected chi connectivity index (χ1v) is 11.1. The molecule has 168 valence electrons. The Morgan fingerprint density at radius 2 is 1.91 bits per heavy atom. The van der Waals surface area contributed by atoms with E-state index < -0.39 is 0 Å². The lowest BCUT2D eigenvalue weighted by Gasteiger charge is -2.28. The van der Waals surface area contributed by atoms with E-state index >= 15 is 0 Å². The number of hydrogen-bond donors (Lipinski definition) is 0. The average molecular weight is 445 g/mol. The van der Waals surface area contributed by atoms with Gasteiger partial charge in [0.25, 0.3) is 11.7 Å². The van der Waals surface area contributed by atoms with Gasteiger partial charge in [0.2, 0.25) is 5.82 Å². The molecule has 8 heteroatoms. The number of fused-ring (bicyclic) bond motifs is 1. The summed E-state index contributed by atoms with van der Waals surface area (Å²) in [6.45, 7) is 0.785. The molecular weight excluding hydrogens is 421 g/mol. The lowest BCUT2D eigenvalue weighted by molar-refractivity contribution is 0.0651. The molecule has 0 aliphatic heterocycles. The van der Waals surface area contributed by atoms with Gasteiger partial charge >= 0.3 is 0 Å². The average Bonchev–Trinajstić information content (AvgIpc) is 3.52. The van der Waals surface area contributed by atoms with Crippen LogP contribution in [0.15, 0.2) is 67.0 Å². The number of benzene rings is 2. The summed E-state index contributed by atoms with van der Waals surface area (Å²) in [4.78, 5) is 23.8. The summed E-state index contributed by atoms with van der Waals surface area (Å²) in [5.41, 5.74) is 1.85. The SMILES string of the molecule is O=C(c1nc2ncccn2n1)N(Cc1cccc(OCc2ccc(F)cc2)c1)C1CCCC1. The number of carbonyl (C=O) groups excluding carboxylic acids is 1. The molecule has 0 bridgehead atoms. The fourth-order valence-corrected chi connectivity index (χ4v) is 4.21. The van der Waals surface area contributed by atoms with Gasteiger partial charge < -0.3 is 9.64 Å². The lowest BCUT2D eigenvalue weighted by atomic mass is 10.1. The molecule has 1 aliphatic carbocycles. The number of rotatable bonds is 7. The van der Waals surface area contributed by atoms with Crippen LogP contribution in [-0.2, 0) is 13.2 Å². The molecule has 1 aliphatic rings. The number of hydrogen-bond acceptors (Lipinski definition) is 5. The Kier molecular flexibility index (Phi) is 5.97. The highest BCUT2D eigenvalue weighted by Gasteiger charge is 2.30. The van der Waals surface area contributed by atoms with Crippen molar-refractivity contribution in [3.8, 4) is 5.75 Å². The lowest BCUT2D eigenvalue weighted by Crippen LogP contribution is -2.38. The van der Waals surface area contributed by atoms with E-state index in [1.807, 2.05) is 29.2 Å². The zero-order valence-electron chi connectivity index (χ0n) is 18.1. The van der Waals surface area contributed by atoms with E-state index in [4.69, 9.17) is 4.74 Å². The van der Waals surface area contributed by atoms with Crippen LogP contribution in [0.2, 0.25) is 0 Å². The van der Waals surface area contributed by atoms with Crippen LogP contribution in [0.1, 0.15) is 47.4 Å². The van der Waals surface area contributed by atoms with Crippen LogP contribution < -0.4 is 4.74 Å². The molecule has 1 saturated carbocycles. The minimum Gasteiger partial charge on any atom is -0.489 e. The maximum Gasteiger partial charge on any atom is 0.294 e. The zero-order chi connectivity index (χ0) is 22.6. The van der Waals surface area contributed by atoms with Crippen LogP contribution in [0, 0.1) is 5.82 Å². The first kappa shape index (κ1) is 21.1. The largest absolute Gasteiger partial charge is 0.489 e. The van der Waals surface area contributed by atoms with Gasteiger partial charge in [-0.25, -0.2) is 13.9 Å². The van der Waals surface area contributed by atoms with E-state index in [2.05, 4.69) is 15.1 Å². The minimum absolute atomic E-state index is 0.154. The van der Waals surface area contributed by atoms with E-state index in [0.29, 0.717) is 24.7 Å². The van der Waals surface area contributed by atoms with E-state index in [0.717, 1.165) is 36.8 Å². The fraction of sp³-hybridized carbons (Fsp3) is 0.280. The zero-order valence-corrected chi connectivity index (χ0v) is 18.1. The Morgan fingerprint density at radius 1 is 1.09 bits per heavy atom. The van der Waals surface area contributed by atoms with Crippen molar-refractivity contribution < 1.29 is 13.9 Å². The third kappa shape index (κ3) is 4.84. The highest BCUT2D eigenvalue weighted by Crippen LogP contribution is 2.27. The van der Waals surface area contributed by atoms with Crippen LogP contribution in [0.25, 0.3) is 5.78 Å². The number of nitrogens with zero attached hydrogens (tertiary/aromatic N) is 5. The van der Waals surface area contributed by atoms with Crippen LogP contribution in [-0.4, -0.2) is 36.4 Å². The van der Waals surface area contributed by atoms with E-state index in [1.165, 1.54) is 16.6 Å². The standard InChI is InChI=1S/C25H24FN5O2/c26-20-11-9-18(10-12-20)17-33-22-8-3-5-19(15-22)16-30(21-6-1-2-7-21)24(32)23-28-25-27-13-4-14-31(25)29-23/h3-5,8-15,21H,1-2,6-7,16-17H2. The molecule has 7 nitrogen and oxygen atoms in total. The van der Waals surface area contributed by atoms with Crippen molar-refractivity contribution in [3.63, 3.8) is 0 Å². The van der Waals surface area contributed by atoms with Gasteiger partial charge in [-0.05, 0) is 54.3 Å². The van der Waals surface area contributed by atoms with Gasteiger partial charge in [-0.2, -0.15) is 4.98 Å². The topological polar surface area (TPSA) is 72.6 Å². The first-order valence-electron chi connectivity index (χ1n) is 11.1. The number of aromatic nitrogens is 4. The molecular formula is C25H24FN5O2. The number of amides is 1. The highest BCUT2D eigenvalue weighted by atomic mass is 19.1. The van der Waals surface area contributed by atoms with Gasteiger partial charge in [0.15, 0.2) is 0 Å². The third-order valence-corrected chi connectivity index (χ3v) is 5.90. The Bertz CT molecular complexity index is 1220. The van der Waals surface area contributed by atoms with Crippen molar-refractivity contribution in [2.45, 2.75) is 44.9 Å². The molecule has 0 radical (unpaired) electrons. The fourth-order valence-electron chi connectivity index (χ4n) is 4.21. The van der Waals surface area contributed by atoms with Crippen LogP contribution in [0.5, 0.6) is 5.75 Å². The first-order chi connectivity index (χ1) is 16.2. The number of halogens is 1. The molecule has 5 rings (SSSR count). The highest BCUT2D eigenvalue weighted by molar-refractivity contribution is 5.91. The molecule has 33 heavy (non-hydrogen) atoms. The van der Waals surface area contributed by atoms with Crippen molar-refractivity contribution >= 4 is 11.7 Å². The van der Waals surface area contributed by atoms with Crippen molar-refractivity contribution in [1.82, 2.24) is 24.5 Å². The Labute approximate surface area is 190 Å². The molecule has 0 saturated heterocycles. The number of carbonyl (C=O) groups is 1. The van der Waals surface area contributed by atoms with E-state index in [-0.39, 0.29) is 23.6 Å². The van der Waals surface area contributed by atoms with Crippen LogP contribution >= 0.6 is 0 Å². The summed E-state index contributed by atoms with van der Waals surface area (Å²) in [5.74, 6) is 0.803. The monoisotopic (exact) mass is 445 g/mol. The van der Waals surface area contributed by atoms with Crippen molar-refractivity contribution in [2.24, 2.45) is 0 Å². The van der Waals surface area contributed by atoms with Gasteiger partial charge in [-0.15, -0.1) is 5.10 Å². The molecule has 4 aromatic rings. The molecule has 2 aromatic carbocycles. The quantitative estimate of drug-likeness (QED) is 0.421. The molecule has 0 N–H and O–H groups in total. The second-order valence-electron chi connectivity index (χ2n) is 8.23. The molecule has 0 spiro atoms. The van der Waals surface area contributed by atoms with Gasteiger partial charge in [0.1, 0.15) is 18.2 Å². The van der Waals surface area contributed by atoms with Gasteiger partial charge in [-0.1, -0.05) is 37.1 Å². The summed E-state index contributed by atoms with van der Waals surface area (Å²) in [7, 11) is 0. The molecule has 0 unspecified atom stereocenters. The van der Waals surface area contributed by atoms with Crippen molar-refractivity contribution in [2.75, 3.05) is 0 Å². The van der Waals surface area contributed by atoms with Crippen molar-refractivity contribution in [1.29, 1.82) is 0 Å². The Hall–Kier alpha value is -3.81. The van der Waals surface area contributed by atoms with Gasteiger partial charge in [0, 0.05) is 25.0 Å². The van der Waals surface area contributed by atoms with E-state index in [9.17, 15) is 9.18 Å². The summed E-state index contributed by atoms with van der Waals surface area (Å²) in [6, 6.07) is 15.9.